The van der Waals surface area contributed by atoms with Crippen LogP contribution < -0.4 is 15.4 Å². The number of ether oxygens (including phenoxy) is 1. The lowest BCUT2D eigenvalue weighted by molar-refractivity contribution is -0.127. The van der Waals surface area contributed by atoms with Gasteiger partial charge >= 0.3 is 0 Å². The average Bonchev–Trinajstić information content (AvgIpc) is 2.37. The van der Waals surface area contributed by atoms with Crippen LogP contribution >= 0.6 is 11.6 Å². The minimum Gasteiger partial charge on any atom is -0.481 e. The number of nitrogens with one attached hydrogen (secondary N) is 2. The van der Waals surface area contributed by atoms with E-state index in [2.05, 4.69) is 31.4 Å². The summed E-state index contributed by atoms with van der Waals surface area (Å²) in [7, 11) is 0. The average molecular weight is 313 g/mol. The minimum atomic E-state index is -0.559. The van der Waals surface area contributed by atoms with Gasteiger partial charge in [-0.25, -0.2) is 0 Å². The normalized spacial score (nSPS) is 12.9. The maximum absolute atomic E-state index is 11.8. The van der Waals surface area contributed by atoms with E-state index in [0.717, 1.165) is 5.56 Å². The molecule has 1 aromatic carbocycles. The number of hydrogen-bond donors (Lipinski definition) is 2. The maximum atomic E-state index is 11.8. The van der Waals surface area contributed by atoms with Crippen molar-refractivity contribution in [1.29, 1.82) is 0 Å². The number of likely N-dealkylation sites (N-methyl/N-ethyl adjacent to an activating group) is 1. The molecule has 0 bridgehead atoms. The van der Waals surface area contributed by atoms with Crippen LogP contribution in [-0.2, 0) is 11.3 Å². The molecule has 0 aromatic heterocycles. The van der Waals surface area contributed by atoms with Crippen molar-refractivity contribution in [3.05, 3.63) is 28.8 Å². The van der Waals surface area contributed by atoms with E-state index in [4.69, 9.17) is 16.3 Å². The first-order valence-electron chi connectivity index (χ1n) is 7.21. The molecule has 4 nitrogen and oxygen atoms in total. The molecule has 5 heteroatoms. The first kappa shape index (κ1) is 17.8. The highest BCUT2D eigenvalue weighted by atomic mass is 35.5. The van der Waals surface area contributed by atoms with Gasteiger partial charge in [0.15, 0.2) is 6.10 Å². The van der Waals surface area contributed by atoms with Gasteiger partial charge in [0, 0.05) is 29.2 Å². The number of amides is 1. The largest absolute Gasteiger partial charge is 0.481 e. The first-order valence-corrected chi connectivity index (χ1v) is 7.59. The monoisotopic (exact) mass is 312 g/mol. The van der Waals surface area contributed by atoms with Crippen molar-refractivity contribution >= 4 is 17.5 Å². The predicted molar refractivity (Wildman–Crippen MR) is 86.8 cm³/mol. The highest BCUT2D eigenvalue weighted by Crippen LogP contribution is 2.27. The molecular formula is C16H25ClN2O2. The van der Waals surface area contributed by atoms with Gasteiger partial charge in [0.25, 0.3) is 5.91 Å². The van der Waals surface area contributed by atoms with E-state index in [0.29, 0.717) is 23.9 Å². The second kappa shape index (κ2) is 7.66. The standard InChI is InChI=1S/C16H25ClN2O2/c1-6-18-15(20)11(2)21-14-9-7-8-13(17)12(14)10-19-16(3,4)5/h7-9,11,19H,6,10H2,1-5H3,(H,18,20). The molecule has 0 saturated carbocycles. The second-order valence-corrected chi connectivity index (χ2v) is 6.38. The molecule has 1 amide bonds. The van der Waals surface area contributed by atoms with Crippen LogP contribution in [-0.4, -0.2) is 24.1 Å². The van der Waals surface area contributed by atoms with E-state index < -0.39 is 6.10 Å². The Kier molecular flexibility index (Phi) is 6.49. The number of carbonyl (C=O) groups excluding carboxylic acids is 1. The number of halogens is 1. The molecule has 0 spiro atoms. The predicted octanol–water partition coefficient (Wildman–Crippen LogP) is 3.13. The lowest BCUT2D eigenvalue weighted by atomic mass is 10.1. The van der Waals surface area contributed by atoms with Crippen LogP contribution in [0.3, 0.4) is 0 Å². The highest BCUT2D eigenvalue weighted by Gasteiger charge is 2.18. The zero-order chi connectivity index (χ0) is 16.0. The summed E-state index contributed by atoms with van der Waals surface area (Å²) >= 11 is 6.26. The molecule has 1 atom stereocenters. The molecule has 0 radical (unpaired) electrons. The van der Waals surface area contributed by atoms with Crippen molar-refractivity contribution < 1.29 is 9.53 Å². The van der Waals surface area contributed by atoms with E-state index in [1.54, 1.807) is 6.92 Å². The van der Waals surface area contributed by atoms with Crippen molar-refractivity contribution in [2.24, 2.45) is 0 Å². The van der Waals surface area contributed by atoms with Gasteiger partial charge in [0.1, 0.15) is 5.75 Å². The number of benzene rings is 1. The molecule has 0 saturated heterocycles. The van der Waals surface area contributed by atoms with Crippen LogP contribution in [0.4, 0.5) is 0 Å². The van der Waals surface area contributed by atoms with Gasteiger partial charge in [-0.3, -0.25) is 4.79 Å². The van der Waals surface area contributed by atoms with E-state index in [1.165, 1.54) is 0 Å². The summed E-state index contributed by atoms with van der Waals surface area (Å²) in [6, 6.07) is 5.48. The third kappa shape index (κ3) is 5.94. The van der Waals surface area contributed by atoms with Crippen LogP contribution in [0.1, 0.15) is 40.2 Å². The Balaban J connectivity index is 2.87. The molecule has 0 fully saturated rings. The number of carbonyl (C=O) groups is 1. The fourth-order valence-electron chi connectivity index (χ4n) is 1.74. The van der Waals surface area contributed by atoms with Gasteiger partial charge in [-0.15, -0.1) is 0 Å². The molecule has 1 rings (SSSR count). The van der Waals surface area contributed by atoms with Crippen molar-refractivity contribution in [3.8, 4) is 5.75 Å². The number of hydrogen-bond acceptors (Lipinski definition) is 3. The summed E-state index contributed by atoms with van der Waals surface area (Å²) < 4.78 is 5.77. The third-order valence-electron chi connectivity index (χ3n) is 2.90. The smallest absolute Gasteiger partial charge is 0.260 e. The Labute approximate surface area is 132 Å². The van der Waals surface area contributed by atoms with Crippen LogP contribution in [0, 0.1) is 0 Å². The Hall–Kier alpha value is -1.26. The van der Waals surface area contributed by atoms with Crippen molar-refractivity contribution in [2.75, 3.05) is 6.54 Å². The van der Waals surface area contributed by atoms with E-state index in [-0.39, 0.29) is 11.4 Å². The topological polar surface area (TPSA) is 50.4 Å². The molecule has 0 aliphatic rings. The second-order valence-electron chi connectivity index (χ2n) is 5.97. The maximum Gasteiger partial charge on any atom is 0.260 e. The summed E-state index contributed by atoms with van der Waals surface area (Å²) in [5, 5.41) is 6.76. The summed E-state index contributed by atoms with van der Waals surface area (Å²) in [6.45, 7) is 11.0. The summed E-state index contributed by atoms with van der Waals surface area (Å²) in [6.07, 6.45) is -0.559. The first-order chi connectivity index (χ1) is 9.74. The molecule has 1 unspecified atom stereocenters. The fraction of sp³-hybridized carbons (Fsp3) is 0.562. The van der Waals surface area contributed by atoms with E-state index in [9.17, 15) is 4.79 Å². The van der Waals surface area contributed by atoms with Gasteiger partial charge in [-0.2, -0.15) is 0 Å². The zero-order valence-electron chi connectivity index (χ0n) is 13.4. The molecule has 0 heterocycles. The molecule has 118 valence electrons. The number of rotatable bonds is 6. The summed E-state index contributed by atoms with van der Waals surface area (Å²) in [5.41, 5.74) is 0.840. The van der Waals surface area contributed by atoms with Crippen LogP contribution in [0.5, 0.6) is 5.75 Å². The Bertz CT molecular complexity index is 484. The zero-order valence-corrected chi connectivity index (χ0v) is 14.2. The van der Waals surface area contributed by atoms with Gasteiger partial charge < -0.3 is 15.4 Å². The van der Waals surface area contributed by atoms with Crippen molar-refractivity contribution in [1.82, 2.24) is 10.6 Å². The molecule has 1 aromatic rings. The van der Waals surface area contributed by atoms with Crippen LogP contribution in [0.2, 0.25) is 5.02 Å². The van der Waals surface area contributed by atoms with Gasteiger partial charge in [-0.1, -0.05) is 17.7 Å². The van der Waals surface area contributed by atoms with Gasteiger partial charge in [0.05, 0.1) is 0 Å². The van der Waals surface area contributed by atoms with E-state index in [1.807, 2.05) is 25.1 Å². The van der Waals surface area contributed by atoms with Crippen LogP contribution in [0.15, 0.2) is 18.2 Å². The lowest BCUT2D eigenvalue weighted by Crippen LogP contribution is -2.37. The third-order valence-corrected chi connectivity index (χ3v) is 3.25. The van der Waals surface area contributed by atoms with E-state index >= 15 is 0 Å². The quantitative estimate of drug-likeness (QED) is 0.848. The lowest BCUT2D eigenvalue weighted by Gasteiger charge is -2.23. The van der Waals surface area contributed by atoms with Crippen molar-refractivity contribution in [2.45, 2.75) is 52.8 Å². The summed E-state index contributed by atoms with van der Waals surface area (Å²) in [5.74, 6) is 0.505. The highest BCUT2D eigenvalue weighted by molar-refractivity contribution is 6.31. The SMILES string of the molecule is CCNC(=O)C(C)Oc1cccc(Cl)c1CNC(C)(C)C. The van der Waals surface area contributed by atoms with Gasteiger partial charge in [0.2, 0.25) is 0 Å². The van der Waals surface area contributed by atoms with Crippen LogP contribution in [0.25, 0.3) is 0 Å². The Morgan fingerprint density at radius 1 is 1.38 bits per heavy atom. The molecule has 2 N–H and O–H groups in total. The van der Waals surface area contributed by atoms with Gasteiger partial charge in [-0.05, 0) is 46.8 Å². The minimum absolute atomic E-state index is 0.0261. The molecule has 0 aliphatic heterocycles. The molecular weight excluding hydrogens is 288 g/mol. The summed E-state index contributed by atoms with van der Waals surface area (Å²) in [4.78, 5) is 11.8. The Morgan fingerprint density at radius 2 is 2.05 bits per heavy atom. The fourth-order valence-corrected chi connectivity index (χ4v) is 1.97. The molecule has 0 aliphatic carbocycles. The Morgan fingerprint density at radius 3 is 2.62 bits per heavy atom. The molecule has 21 heavy (non-hydrogen) atoms. The van der Waals surface area contributed by atoms with Crippen molar-refractivity contribution in [3.63, 3.8) is 0 Å².